The molecule has 1 heterocycles. The molecule has 102 valence electrons. The van der Waals surface area contributed by atoms with Crippen molar-refractivity contribution in [1.29, 1.82) is 0 Å². The molecule has 0 bridgehead atoms. The number of amides is 1. The van der Waals surface area contributed by atoms with E-state index in [1.54, 1.807) is 6.08 Å². The van der Waals surface area contributed by atoms with Crippen molar-refractivity contribution in [2.45, 2.75) is 38.1 Å². The summed E-state index contributed by atoms with van der Waals surface area (Å²) in [6, 6.07) is 6.88. The highest BCUT2D eigenvalue weighted by molar-refractivity contribution is 5.77. The van der Waals surface area contributed by atoms with Crippen LogP contribution >= 0.6 is 0 Å². The predicted molar refractivity (Wildman–Crippen MR) is 74.4 cm³/mol. The Kier molecular flexibility index (Phi) is 4.35. The van der Waals surface area contributed by atoms with Gasteiger partial charge >= 0.3 is 0 Å². The van der Waals surface area contributed by atoms with Gasteiger partial charge in [-0.2, -0.15) is 0 Å². The van der Waals surface area contributed by atoms with Gasteiger partial charge in [-0.25, -0.2) is 4.39 Å². The van der Waals surface area contributed by atoms with E-state index in [4.69, 9.17) is 0 Å². The van der Waals surface area contributed by atoms with Crippen LogP contribution in [0.1, 0.15) is 37.7 Å². The van der Waals surface area contributed by atoms with Gasteiger partial charge in [0, 0.05) is 24.9 Å². The Morgan fingerprint density at radius 3 is 2.79 bits per heavy atom. The lowest BCUT2D eigenvalue weighted by atomic mass is 9.97. The molecule has 1 aromatic rings. The highest BCUT2D eigenvalue weighted by Gasteiger charge is 2.32. The molecular weight excluding hydrogens is 241 g/mol. The first-order valence-electron chi connectivity index (χ1n) is 6.77. The van der Waals surface area contributed by atoms with Crippen LogP contribution in [-0.4, -0.2) is 23.4 Å². The Balaban J connectivity index is 2.02. The minimum atomic E-state index is -0.214. The van der Waals surface area contributed by atoms with Gasteiger partial charge in [-0.1, -0.05) is 18.2 Å². The molecule has 1 aliphatic heterocycles. The SMILES string of the molecule is C=CCCC(=O)N1C[C@@H](c2ccc(F)cc2)C[C@H]1C. The van der Waals surface area contributed by atoms with E-state index in [1.165, 1.54) is 12.1 Å². The number of allylic oxidation sites excluding steroid dienone is 1. The van der Waals surface area contributed by atoms with Crippen molar-refractivity contribution in [3.63, 3.8) is 0 Å². The van der Waals surface area contributed by atoms with Crippen LogP contribution in [0.4, 0.5) is 4.39 Å². The number of hydrogen-bond donors (Lipinski definition) is 0. The standard InChI is InChI=1S/C16H20FNO/c1-3-4-5-16(19)18-11-14(10-12(18)2)13-6-8-15(17)9-7-13/h3,6-9,12,14H,1,4-5,10-11H2,2H3/t12-,14+/m1/s1. The molecule has 1 aliphatic rings. The van der Waals surface area contributed by atoms with E-state index in [1.807, 2.05) is 17.0 Å². The number of rotatable bonds is 4. The zero-order chi connectivity index (χ0) is 13.8. The summed E-state index contributed by atoms with van der Waals surface area (Å²) in [6.45, 7) is 6.46. The van der Waals surface area contributed by atoms with Crippen LogP contribution in [0.3, 0.4) is 0 Å². The maximum atomic E-state index is 12.9. The van der Waals surface area contributed by atoms with Gasteiger partial charge in [0.1, 0.15) is 5.82 Å². The molecule has 0 spiro atoms. The molecule has 0 aliphatic carbocycles. The van der Waals surface area contributed by atoms with Gasteiger partial charge in [-0.05, 0) is 37.5 Å². The molecule has 2 atom stereocenters. The zero-order valence-electron chi connectivity index (χ0n) is 11.3. The lowest BCUT2D eigenvalue weighted by Gasteiger charge is -2.21. The molecule has 2 nitrogen and oxygen atoms in total. The van der Waals surface area contributed by atoms with Crippen LogP contribution < -0.4 is 0 Å². The highest BCUT2D eigenvalue weighted by Crippen LogP contribution is 2.32. The number of likely N-dealkylation sites (tertiary alicyclic amines) is 1. The largest absolute Gasteiger partial charge is 0.339 e. The summed E-state index contributed by atoms with van der Waals surface area (Å²) in [4.78, 5) is 14.0. The van der Waals surface area contributed by atoms with Crippen molar-refractivity contribution in [1.82, 2.24) is 4.90 Å². The fraction of sp³-hybridized carbons (Fsp3) is 0.438. The summed E-state index contributed by atoms with van der Waals surface area (Å²) in [6.07, 6.45) is 3.98. The molecule has 1 saturated heterocycles. The van der Waals surface area contributed by atoms with E-state index in [9.17, 15) is 9.18 Å². The third-order valence-electron chi connectivity index (χ3n) is 3.80. The minimum Gasteiger partial charge on any atom is -0.339 e. The number of carbonyl (C=O) groups is 1. The lowest BCUT2D eigenvalue weighted by Crippen LogP contribution is -2.33. The molecule has 0 aromatic heterocycles. The number of carbonyl (C=O) groups excluding carboxylic acids is 1. The van der Waals surface area contributed by atoms with Crippen LogP contribution in [0.25, 0.3) is 0 Å². The molecule has 0 saturated carbocycles. The molecule has 19 heavy (non-hydrogen) atoms. The van der Waals surface area contributed by atoms with Crippen LogP contribution in [0.2, 0.25) is 0 Å². The molecule has 1 fully saturated rings. The first-order valence-corrected chi connectivity index (χ1v) is 6.77. The van der Waals surface area contributed by atoms with Crippen molar-refractivity contribution in [3.05, 3.63) is 48.3 Å². The van der Waals surface area contributed by atoms with E-state index >= 15 is 0 Å². The van der Waals surface area contributed by atoms with Gasteiger partial charge < -0.3 is 4.90 Å². The van der Waals surface area contributed by atoms with Gasteiger partial charge in [0.2, 0.25) is 5.91 Å². The van der Waals surface area contributed by atoms with Crippen molar-refractivity contribution in [3.8, 4) is 0 Å². The van der Waals surface area contributed by atoms with Crippen LogP contribution in [0.15, 0.2) is 36.9 Å². The molecule has 0 N–H and O–H groups in total. The Hall–Kier alpha value is -1.64. The quantitative estimate of drug-likeness (QED) is 0.760. The molecule has 0 unspecified atom stereocenters. The average Bonchev–Trinajstić information content (AvgIpc) is 2.79. The van der Waals surface area contributed by atoms with E-state index < -0.39 is 0 Å². The van der Waals surface area contributed by atoms with E-state index in [0.29, 0.717) is 12.3 Å². The van der Waals surface area contributed by atoms with Crippen LogP contribution in [0, 0.1) is 5.82 Å². The van der Waals surface area contributed by atoms with Crippen LogP contribution in [0.5, 0.6) is 0 Å². The molecule has 0 radical (unpaired) electrons. The summed E-state index contributed by atoms with van der Waals surface area (Å²) < 4.78 is 12.9. The maximum Gasteiger partial charge on any atom is 0.223 e. The van der Waals surface area contributed by atoms with Gasteiger partial charge in [-0.3, -0.25) is 4.79 Å². The molecular formula is C16H20FNO. The third kappa shape index (κ3) is 3.22. The first kappa shape index (κ1) is 13.8. The van der Waals surface area contributed by atoms with E-state index in [2.05, 4.69) is 13.5 Å². The van der Waals surface area contributed by atoms with Crippen LogP contribution in [-0.2, 0) is 4.79 Å². The van der Waals surface area contributed by atoms with Gasteiger partial charge in [0.15, 0.2) is 0 Å². The second-order valence-electron chi connectivity index (χ2n) is 5.21. The smallest absolute Gasteiger partial charge is 0.223 e. The van der Waals surface area contributed by atoms with Gasteiger partial charge in [0.25, 0.3) is 0 Å². The number of benzene rings is 1. The number of halogens is 1. The summed E-state index contributed by atoms with van der Waals surface area (Å²) in [5.74, 6) is 0.300. The van der Waals surface area contributed by atoms with Crippen molar-refractivity contribution >= 4 is 5.91 Å². The lowest BCUT2D eigenvalue weighted by molar-refractivity contribution is -0.131. The Labute approximate surface area is 113 Å². The van der Waals surface area contributed by atoms with Gasteiger partial charge in [0.05, 0.1) is 0 Å². The summed E-state index contributed by atoms with van der Waals surface area (Å²) in [5, 5.41) is 0. The fourth-order valence-corrected chi connectivity index (χ4v) is 2.72. The first-order chi connectivity index (χ1) is 9.11. The summed E-state index contributed by atoms with van der Waals surface area (Å²) in [7, 11) is 0. The monoisotopic (exact) mass is 261 g/mol. The molecule has 1 amide bonds. The fourth-order valence-electron chi connectivity index (χ4n) is 2.72. The van der Waals surface area contributed by atoms with Crippen molar-refractivity contribution in [2.24, 2.45) is 0 Å². The number of hydrogen-bond acceptors (Lipinski definition) is 1. The van der Waals surface area contributed by atoms with Crippen molar-refractivity contribution < 1.29 is 9.18 Å². The van der Waals surface area contributed by atoms with Crippen molar-refractivity contribution in [2.75, 3.05) is 6.54 Å². The Morgan fingerprint density at radius 2 is 2.16 bits per heavy atom. The topological polar surface area (TPSA) is 20.3 Å². The normalized spacial score (nSPS) is 22.5. The summed E-state index contributed by atoms with van der Waals surface area (Å²) in [5.41, 5.74) is 1.12. The molecule has 3 heteroatoms. The second kappa shape index (κ2) is 6.00. The van der Waals surface area contributed by atoms with E-state index in [-0.39, 0.29) is 17.8 Å². The highest BCUT2D eigenvalue weighted by atomic mass is 19.1. The van der Waals surface area contributed by atoms with Gasteiger partial charge in [-0.15, -0.1) is 6.58 Å². The zero-order valence-corrected chi connectivity index (χ0v) is 11.3. The number of nitrogens with zero attached hydrogens (tertiary/aromatic N) is 1. The average molecular weight is 261 g/mol. The maximum absolute atomic E-state index is 12.9. The molecule has 1 aromatic carbocycles. The minimum absolute atomic E-state index is 0.192. The van der Waals surface area contributed by atoms with E-state index in [0.717, 1.165) is 24.9 Å². The molecule has 2 rings (SSSR count). The summed E-state index contributed by atoms with van der Waals surface area (Å²) >= 11 is 0. The third-order valence-corrected chi connectivity index (χ3v) is 3.80. The second-order valence-corrected chi connectivity index (χ2v) is 5.21. The predicted octanol–water partition coefficient (Wildman–Crippen LogP) is 3.50. The Morgan fingerprint density at radius 1 is 1.47 bits per heavy atom. The Bertz CT molecular complexity index is 454.